The highest BCUT2D eigenvalue weighted by Crippen LogP contribution is 2.49. The van der Waals surface area contributed by atoms with Gasteiger partial charge in [-0.2, -0.15) is 13.2 Å². The summed E-state index contributed by atoms with van der Waals surface area (Å²) in [4.78, 5) is 25.0. The number of halogens is 3. The van der Waals surface area contributed by atoms with Gasteiger partial charge in [0.25, 0.3) is 17.3 Å². The van der Waals surface area contributed by atoms with Crippen LogP contribution >= 0.6 is 0 Å². The van der Waals surface area contributed by atoms with Crippen LogP contribution in [0.25, 0.3) is 11.3 Å². The van der Waals surface area contributed by atoms with Crippen molar-refractivity contribution in [1.29, 1.82) is 0 Å². The molecule has 0 radical (unpaired) electrons. The van der Waals surface area contributed by atoms with Gasteiger partial charge in [0, 0.05) is 35.4 Å². The van der Waals surface area contributed by atoms with Gasteiger partial charge >= 0.3 is 12.0 Å². The molecule has 1 atom stereocenters. The molecule has 2 heterocycles. The summed E-state index contributed by atoms with van der Waals surface area (Å²) in [7, 11) is 0. The Bertz CT molecular complexity index is 1220. The second-order valence-electron chi connectivity index (χ2n) is 6.39. The molecule has 0 saturated carbocycles. The van der Waals surface area contributed by atoms with E-state index in [0.29, 0.717) is 6.26 Å². The summed E-state index contributed by atoms with van der Waals surface area (Å²) in [6.45, 7) is 0. The molecule has 0 spiro atoms. The SMILES string of the molecule is O=[N+]([O-])c1ccc(C2=NOC(c3conc3-c3ccc([N+](=O)[O-])cc3)(C(F)(F)F)O2)cc1. The van der Waals surface area contributed by atoms with Crippen molar-refractivity contribution in [1.82, 2.24) is 5.16 Å². The van der Waals surface area contributed by atoms with Crippen LogP contribution in [0.5, 0.6) is 0 Å². The summed E-state index contributed by atoms with van der Waals surface area (Å²) in [5, 5.41) is 28.5. The van der Waals surface area contributed by atoms with E-state index >= 15 is 0 Å². The van der Waals surface area contributed by atoms with E-state index in [0.717, 1.165) is 36.4 Å². The minimum absolute atomic E-state index is 0.00457. The maximum absolute atomic E-state index is 14.1. The maximum atomic E-state index is 14.1. The van der Waals surface area contributed by atoms with E-state index in [1.807, 2.05) is 0 Å². The summed E-state index contributed by atoms with van der Waals surface area (Å²) >= 11 is 0. The quantitative estimate of drug-likeness (QED) is 0.414. The predicted molar refractivity (Wildman–Crippen MR) is 98.1 cm³/mol. The van der Waals surface area contributed by atoms with Crippen molar-refractivity contribution in [2.75, 3.05) is 0 Å². The molecule has 3 aromatic rings. The highest BCUT2D eigenvalue weighted by molar-refractivity contribution is 5.95. The molecule has 4 rings (SSSR count). The van der Waals surface area contributed by atoms with Gasteiger partial charge in [0.2, 0.25) is 0 Å². The number of nitrogens with zero attached hydrogens (tertiary/aromatic N) is 4. The number of nitro groups is 2. The highest BCUT2D eigenvalue weighted by Gasteiger charge is 2.67. The topological polar surface area (TPSA) is 143 Å². The highest BCUT2D eigenvalue weighted by atomic mass is 19.4. The molecular formula is C18H9F3N4O7. The Balaban J connectivity index is 1.72. The van der Waals surface area contributed by atoms with E-state index in [9.17, 15) is 33.4 Å². The first kappa shape index (κ1) is 20.8. The maximum Gasteiger partial charge on any atom is 0.475 e. The van der Waals surface area contributed by atoms with E-state index in [2.05, 4.69) is 10.3 Å². The average molecular weight is 450 g/mol. The Morgan fingerprint density at radius 1 is 0.875 bits per heavy atom. The molecule has 0 saturated heterocycles. The molecule has 0 aliphatic carbocycles. The first-order valence-corrected chi connectivity index (χ1v) is 8.59. The third-order valence-corrected chi connectivity index (χ3v) is 4.47. The summed E-state index contributed by atoms with van der Waals surface area (Å²) in [6, 6.07) is 8.99. The first-order valence-electron chi connectivity index (χ1n) is 8.59. The fourth-order valence-corrected chi connectivity index (χ4v) is 2.90. The minimum atomic E-state index is -5.17. The zero-order chi connectivity index (χ0) is 23.1. The van der Waals surface area contributed by atoms with Crippen molar-refractivity contribution in [3.8, 4) is 11.3 Å². The van der Waals surface area contributed by atoms with Crippen LogP contribution in [0.3, 0.4) is 0 Å². The second kappa shape index (κ2) is 7.33. The fraction of sp³-hybridized carbons (Fsp3) is 0.111. The van der Waals surface area contributed by atoms with E-state index in [-0.39, 0.29) is 28.2 Å². The summed E-state index contributed by atoms with van der Waals surface area (Å²) in [5.74, 6) is -4.01. The normalized spacial score (nSPS) is 17.9. The zero-order valence-corrected chi connectivity index (χ0v) is 15.5. The fourth-order valence-electron chi connectivity index (χ4n) is 2.90. The van der Waals surface area contributed by atoms with Gasteiger partial charge in [0.15, 0.2) is 0 Å². The van der Waals surface area contributed by atoms with Crippen LogP contribution in [0.4, 0.5) is 24.5 Å². The van der Waals surface area contributed by atoms with Crippen LogP contribution in [-0.4, -0.2) is 27.1 Å². The van der Waals surface area contributed by atoms with Crippen molar-refractivity contribution in [2.24, 2.45) is 5.16 Å². The minimum Gasteiger partial charge on any atom is -0.418 e. The molecule has 0 bridgehead atoms. The number of hydrogen-bond acceptors (Lipinski definition) is 9. The van der Waals surface area contributed by atoms with Crippen LogP contribution in [0.1, 0.15) is 11.1 Å². The van der Waals surface area contributed by atoms with Crippen LogP contribution in [0.2, 0.25) is 0 Å². The lowest BCUT2D eigenvalue weighted by atomic mass is 10.0. The third kappa shape index (κ3) is 3.36. The van der Waals surface area contributed by atoms with Crippen molar-refractivity contribution in [3.63, 3.8) is 0 Å². The Morgan fingerprint density at radius 3 is 1.91 bits per heavy atom. The van der Waals surface area contributed by atoms with Crippen molar-refractivity contribution in [2.45, 2.75) is 12.0 Å². The van der Waals surface area contributed by atoms with Gasteiger partial charge in [0.1, 0.15) is 17.5 Å². The van der Waals surface area contributed by atoms with Crippen LogP contribution < -0.4 is 0 Å². The van der Waals surface area contributed by atoms with Crippen LogP contribution in [-0.2, 0) is 15.4 Å². The Labute approximate surface area is 174 Å². The molecule has 1 aromatic heterocycles. The third-order valence-electron chi connectivity index (χ3n) is 4.47. The van der Waals surface area contributed by atoms with Gasteiger partial charge in [-0.1, -0.05) is 5.16 Å². The molecule has 1 unspecified atom stereocenters. The Hall–Kier alpha value is -4.49. The van der Waals surface area contributed by atoms with E-state index in [4.69, 9.17) is 14.1 Å². The number of alkyl halides is 3. The van der Waals surface area contributed by atoms with E-state index in [1.165, 1.54) is 12.1 Å². The monoisotopic (exact) mass is 450 g/mol. The van der Waals surface area contributed by atoms with Gasteiger partial charge in [-0.15, -0.1) is 0 Å². The molecule has 14 heteroatoms. The number of ether oxygens (including phenoxy) is 1. The zero-order valence-electron chi connectivity index (χ0n) is 15.5. The number of non-ortho nitro benzene ring substituents is 2. The van der Waals surface area contributed by atoms with Gasteiger partial charge in [0.05, 0.1) is 9.85 Å². The van der Waals surface area contributed by atoms with Gasteiger partial charge in [-0.25, -0.2) is 0 Å². The molecule has 164 valence electrons. The number of aromatic nitrogens is 1. The Kier molecular flexibility index (Phi) is 4.76. The molecule has 2 aromatic carbocycles. The number of benzene rings is 2. The number of hydrogen-bond donors (Lipinski definition) is 0. The van der Waals surface area contributed by atoms with Crippen LogP contribution in [0, 0.1) is 20.2 Å². The van der Waals surface area contributed by atoms with Crippen molar-refractivity contribution < 1.29 is 37.1 Å². The number of rotatable bonds is 5. The molecule has 1 aliphatic heterocycles. The predicted octanol–water partition coefficient (Wildman–Crippen LogP) is 4.28. The van der Waals surface area contributed by atoms with Crippen molar-refractivity contribution in [3.05, 3.63) is 86.1 Å². The van der Waals surface area contributed by atoms with Crippen LogP contribution in [0.15, 0.2) is 64.5 Å². The van der Waals surface area contributed by atoms with Gasteiger partial charge in [-0.3, -0.25) is 20.2 Å². The summed E-state index contributed by atoms with van der Waals surface area (Å²) in [6.07, 6.45) is -4.50. The average Bonchev–Trinajstić information content (AvgIpc) is 3.42. The molecule has 0 fully saturated rings. The van der Waals surface area contributed by atoms with E-state index < -0.39 is 33.3 Å². The summed E-state index contributed by atoms with van der Waals surface area (Å²) < 4.78 is 52.2. The molecule has 1 aliphatic rings. The lowest BCUT2D eigenvalue weighted by Crippen LogP contribution is -2.44. The first-order chi connectivity index (χ1) is 15.1. The molecule has 11 nitrogen and oxygen atoms in total. The molecular weight excluding hydrogens is 441 g/mol. The lowest BCUT2D eigenvalue weighted by molar-refractivity contribution is -0.385. The number of oxime groups is 1. The van der Waals surface area contributed by atoms with Crippen molar-refractivity contribution >= 4 is 17.3 Å². The van der Waals surface area contributed by atoms with Gasteiger partial charge in [-0.05, 0) is 29.4 Å². The molecule has 32 heavy (non-hydrogen) atoms. The molecule has 0 amide bonds. The second-order valence-corrected chi connectivity index (χ2v) is 6.39. The summed E-state index contributed by atoms with van der Waals surface area (Å²) in [5.41, 5.74) is -1.51. The number of nitro benzene ring substituents is 2. The Morgan fingerprint density at radius 2 is 1.41 bits per heavy atom. The van der Waals surface area contributed by atoms with Gasteiger partial charge < -0.3 is 14.1 Å². The molecule has 0 N–H and O–H groups in total. The smallest absolute Gasteiger partial charge is 0.418 e. The largest absolute Gasteiger partial charge is 0.475 e. The van der Waals surface area contributed by atoms with E-state index in [1.54, 1.807) is 0 Å². The standard InChI is InChI=1S/C18H9F3N4O7/c19-18(20,21)17(31-16(23-32-17)11-3-7-13(8-4-11)25(28)29)14-9-30-22-15(14)10-1-5-12(6-2-10)24(26)27/h1-9H. The lowest BCUT2D eigenvalue weighted by Gasteiger charge is -2.27.